The smallest absolute Gasteiger partial charge is 0.237 e. The summed E-state index contributed by atoms with van der Waals surface area (Å²) in [4.78, 5) is 25.8. The molecule has 0 radical (unpaired) electrons. The van der Waals surface area contributed by atoms with Crippen LogP contribution in [0.5, 0.6) is 0 Å². The van der Waals surface area contributed by atoms with Gasteiger partial charge in [0.1, 0.15) is 5.78 Å². The van der Waals surface area contributed by atoms with Crippen LogP contribution in [0.3, 0.4) is 0 Å². The van der Waals surface area contributed by atoms with E-state index >= 15 is 0 Å². The minimum atomic E-state index is -0.000324. The van der Waals surface area contributed by atoms with Crippen LogP contribution in [-0.2, 0) is 9.59 Å². The van der Waals surface area contributed by atoms with Gasteiger partial charge in [-0.25, -0.2) is 0 Å². The lowest BCUT2D eigenvalue weighted by molar-refractivity contribution is -0.132. The minimum Gasteiger partial charge on any atom is -0.355 e. The second-order valence-corrected chi connectivity index (χ2v) is 5.12. The summed E-state index contributed by atoms with van der Waals surface area (Å²) in [5.74, 6) is 0.671. The topological polar surface area (TPSA) is 49.4 Å². The molecule has 4 nitrogen and oxygen atoms in total. The van der Waals surface area contributed by atoms with Crippen molar-refractivity contribution in [1.82, 2.24) is 10.2 Å². The van der Waals surface area contributed by atoms with Crippen molar-refractivity contribution in [2.24, 2.45) is 5.92 Å². The molecular weight excluding hydrogens is 216 g/mol. The predicted octanol–water partition coefficient (Wildman–Crippen LogP) is 0.956. The van der Waals surface area contributed by atoms with Gasteiger partial charge in [-0.2, -0.15) is 0 Å². The van der Waals surface area contributed by atoms with Gasteiger partial charge in [0.05, 0.1) is 6.04 Å². The SMILES string of the molecule is CCC1CN(C2CCCCNC2=O)CCC1=O. The van der Waals surface area contributed by atoms with Gasteiger partial charge in [0, 0.05) is 32.0 Å². The number of hydrogen-bond donors (Lipinski definition) is 1. The van der Waals surface area contributed by atoms with E-state index in [1.807, 2.05) is 0 Å². The third-order valence-electron chi connectivity index (χ3n) is 4.00. The Hall–Kier alpha value is -0.900. The zero-order valence-corrected chi connectivity index (χ0v) is 10.6. The molecule has 0 spiro atoms. The van der Waals surface area contributed by atoms with Crippen LogP contribution in [0.1, 0.15) is 39.0 Å². The van der Waals surface area contributed by atoms with E-state index in [1.54, 1.807) is 0 Å². The maximum Gasteiger partial charge on any atom is 0.237 e. The molecule has 0 aromatic heterocycles. The van der Waals surface area contributed by atoms with Crippen molar-refractivity contribution in [3.05, 3.63) is 0 Å². The molecule has 0 aliphatic carbocycles. The Labute approximate surface area is 103 Å². The first-order valence-corrected chi connectivity index (χ1v) is 6.77. The van der Waals surface area contributed by atoms with Crippen molar-refractivity contribution in [3.63, 3.8) is 0 Å². The lowest BCUT2D eigenvalue weighted by atomic mass is 9.92. The second-order valence-electron chi connectivity index (χ2n) is 5.12. The summed E-state index contributed by atoms with van der Waals surface area (Å²) in [6.45, 7) is 4.39. The van der Waals surface area contributed by atoms with E-state index in [4.69, 9.17) is 0 Å². The summed E-state index contributed by atoms with van der Waals surface area (Å²) in [7, 11) is 0. The van der Waals surface area contributed by atoms with E-state index in [0.717, 1.165) is 45.3 Å². The monoisotopic (exact) mass is 238 g/mol. The number of Topliss-reactive ketones (excluding diaryl/α,β-unsaturated/α-hetero) is 1. The van der Waals surface area contributed by atoms with E-state index in [9.17, 15) is 9.59 Å². The van der Waals surface area contributed by atoms with Crippen molar-refractivity contribution in [1.29, 1.82) is 0 Å². The Bertz CT molecular complexity index is 304. The first kappa shape index (κ1) is 12.6. The molecule has 2 aliphatic heterocycles. The summed E-state index contributed by atoms with van der Waals surface area (Å²) in [5.41, 5.74) is 0. The molecule has 4 heteroatoms. The van der Waals surface area contributed by atoms with Crippen molar-refractivity contribution in [2.45, 2.75) is 45.1 Å². The molecule has 2 atom stereocenters. The van der Waals surface area contributed by atoms with Gasteiger partial charge in [-0.15, -0.1) is 0 Å². The molecule has 0 aromatic carbocycles. The average Bonchev–Trinajstić information content (AvgIpc) is 2.55. The zero-order chi connectivity index (χ0) is 12.3. The Balaban J connectivity index is 2.00. The number of piperidine rings is 1. The van der Waals surface area contributed by atoms with Gasteiger partial charge in [0.2, 0.25) is 5.91 Å². The number of hydrogen-bond acceptors (Lipinski definition) is 3. The number of likely N-dealkylation sites (tertiary alicyclic amines) is 1. The fraction of sp³-hybridized carbons (Fsp3) is 0.846. The van der Waals surface area contributed by atoms with Gasteiger partial charge < -0.3 is 5.32 Å². The number of nitrogens with one attached hydrogen (secondary N) is 1. The number of amides is 1. The van der Waals surface area contributed by atoms with Crippen LogP contribution in [0.15, 0.2) is 0 Å². The van der Waals surface area contributed by atoms with Crippen LogP contribution in [0.25, 0.3) is 0 Å². The molecular formula is C13H22N2O2. The minimum absolute atomic E-state index is 0.000324. The van der Waals surface area contributed by atoms with E-state index < -0.39 is 0 Å². The van der Waals surface area contributed by atoms with Gasteiger partial charge >= 0.3 is 0 Å². The maximum absolute atomic E-state index is 12.0. The van der Waals surface area contributed by atoms with Gasteiger partial charge in [-0.1, -0.05) is 6.92 Å². The quantitative estimate of drug-likeness (QED) is 0.779. The van der Waals surface area contributed by atoms with Gasteiger partial charge in [-0.3, -0.25) is 14.5 Å². The molecule has 2 fully saturated rings. The fourth-order valence-electron chi connectivity index (χ4n) is 2.85. The molecule has 2 aliphatic rings. The molecule has 96 valence electrons. The number of nitrogens with zero attached hydrogens (tertiary/aromatic N) is 1. The average molecular weight is 238 g/mol. The molecule has 2 heterocycles. The molecule has 0 aromatic rings. The van der Waals surface area contributed by atoms with Gasteiger partial charge in [0.25, 0.3) is 0 Å². The van der Waals surface area contributed by atoms with Crippen molar-refractivity contribution >= 4 is 11.7 Å². The van der Waals surface area contributed by atoms with Crippen LogP contribution in [-0.4, -0.2) is 42.3 Å². The highest BCUT2D eigenvalue weighted by Gasteiger charge is 2.33. The summed E-state index contributed by atoms with van der Waals surface area (Å²) >= 11 is 0. The highest BCUT2D eigenvalue weighted by atomic mass is 16.2. The van der Waals surface area contributed by atoms with Crippen molar-refractivity contribution in [2.75, 3.05) is 19.6 Å². The Morgan fingerprint density at radius 2 is 2.18 bits per heavy atom. The molecule has 17 heavy (non-hydrogen) atoms. The summed E-state index contributed by atoms with van der Waals surface area (Å²) < 4.78 is 0. The zero-order valence-electron chi connectivity index (χ0n) is 10.6. The molecule has 1 amide bonds. The Morgan fingerprint density at radius 3 is 2.94 bits per heavy atom. The molecule has 0 bridgehead atoms. The standard InChI is InChI=1S/C13H22N2O2/c1-2-10-9-15(8-6-12(10)16)11-5-3-4-7-14-13(11)17/h10-11H,2-9H2,1H3,(H,14,17). The Kier molecular flexibility index (Phi) is 4.15. The number of carbonyl (C=O) groups excluding carboxylic acids is 2. The maximum atomic E-state index is 12.0. The predicted molar refractivity (Wildman–Crippen MR) is 65.6 cm³/mol. The van der Waals surface area contributed by atoms with E-state index in [-0.39, 0.29) is 17.9 Å². The highest BCUT2D eigenvalue weighted by Crippen LogP contribution is 2.21. The van der Waals surface area contributed by atoms with Crippen LogP contribution in [0.4, 0.5) is 0 Å². The number of rotatable bonds is 2. The van der Waals surface area contributed by atoms with Crippen LogP contribution in [0, 0.1) is 5.92 Å². The fourth-order valence-corrected chi connectivity index (χ4v) is 2.85. The first-order valence-electron chi connectivity index (χ1n) is 6.77. The third kappa shape index (κ3) is 2.86. The van der Waals surface area contributed by atoms with Crippen LogP contribution in [0.2, 0.25) is 0 Å². The van der Waals surface area contributed by atoms with Crippen LogP contribution >= 0.6 is 0 Å². The van der Waals surface area contributed by atoms with E-state index in [0.29, 0.717) is 12.2 Å². The van der Waals surface area contributed by atoms with Gasteiger partial charge in [-0.05, 0) is 25.7 Å². The van der Waals surface area contributed by atoms with E-state index in [2.05, 4.69) is 17.1 Å². The molecule has 2 rings (SSSR count). The molecule has 0 saturated carbocycles. The molecule has 1 N–H and O–H groups in total. The molecule has 2 saturated heterocycles. The van der Waals surface area contributed by atoms with Gasteiger partial charge in [0.15, 0.2) is 0 Å². The summed E-state index contributed by atoms with van der Waals surface area (Å²) in [6, 6.07) is -0.000324. The Morgan fingerprint density at radius 1 is 1.35 bits per heavy atom. The highest BCUT2D eigenvalue weighted by molar-refractivity contribution is 5.84. The number of ketones is 1. The normalized spacial score (nSPS) is 32.1. The first-order chi connectivity index (χ1) is 8.22. The lowest BCUT2D eigenvalue weighted by Crippen LogP contribution is -2.51. The van der Waals surface area contributed by atoms with Crippen molar-refractivity contribution in [3.8, 4) is 0 Å². The summed E-state index contributed by atoms with van der Waals surface area (Å²) in [6.07, 6.45) is 4.62. The van der Waals surface area contributed by atoms with Crippen LogP contribution < -0.4 is 5.32 Å². The summed E-state index contributed by atoms with van der Waals surface area (Å²) in [5, 5.41) is 2.97. The third-order valence-corrected chi connectivity index (χ3v) is 4.00. The van der Waals surface area contributed by atoms with Crippen molar-refractivity contribution < 1.29 is 9.59 Å². The number of carbonyl (C=O) groups is 2. The largest absolute Gasteiger partial charge is 0.355 e. The molecule has 2 unspecified atom stereocenters. The second kappa shape index (κ2) is 5.63. The lowest BCUT2D eigenvalue weighted by Gasteiger charge is -2.36. The van der Waals surface area contributed by atoms with E-state index in [1.165, 1.54) is 0 Å².